The molecule has 17 heavy (non-hydrogen) atoms. The molecule has 94 valence electrons. The van der Waals surface area contributed by atoms with Crippen LogP contribution in [-0.2, 0) is 0 Å². The first-order chi connectivity index (χ1) is 8.25. The summed E-state index contributed by atoms with van der Waals surface area (Å²) >= 11 is 0. The van der Waals surface area contributed by atoms with Crippen LogP contribution in [0.2, 0.25) is 0 Å². The smallest absolute Gasteiger partial charge is 0.123 e. The van der Waals surface area contributed by atoms with E-state index in [0.717, 1.165) is 25.9 Å². The van der Waals surface area contributed by atoms with E-state index in [9.17, 15) is 4.39 Å². The van der Waals surface area contributed by atoms with E-state index in [0.29, 0.717) is 18.3 Å². The van der Waals surface area contributed by atoms with Gasteiger partial charge < -0.3 is 15.8 Å². The molecule has 4 heteroatoms. The second-order valence-corrected chi connectivity index (χ2v) is 4.52. The Morgan fingerprint density at radius 1 is 1.29 bits per heavy atom. The van der Waals surface area contributed by atoms with E-state index in [1.54, 1.807) is 12.1 Å². The molecule has 0 saturated carbocycles. The van der Waals surface area contributed by atoms with Gasteiger partial charge in [0, 0.05) is 6.04 Å². The Bertz CT molecular complexity index is 336. The van der Waals surface area contributed by atoms with Crippen LogP contribution in [0.25, 0.3) is 0 Å². The third-order valence-electron chi connectivity index (χ3n) is 3.25. The van der Waals surface area contributed by atoms with E-state index in [2.05, 4.69) is 5.32 Å². The Morgan fingerprint density at radius 2 is 1.94 bits per heavy atom. The first-order valence-corrected chi connectivity index (χ1v) is 6.10. The molecule has 3 nitrogen and oxygen atoms in total. The Kier molecular flexibility index (Phi) is 4.34. The molecule has 1 atom stereocenters. The summed E-state index contributed by atoms with van der Waals surface area (Å²) in [6.45, 7) is 2.57. The number of piperidine rings is 1. The highest BCUT2D eigenvalue weighted by Crippen LogP contribution is 2.17. The zero-order valence-electron chi connectivity index (χ0n) is 9.86. The number of rotatable bonds is 4. The van der Waals surface area contributed by atoms with Crippen LogP contribution in [0.4, 0.5) is 4.39 Å². The first kappa shape index (κ1) is 12.3. The lowest BCUT2D eigenvalue weighted by atomic mass is 9.91. The van der Waals surface area contributed by atoms with E-state index in [1.165, 1.54) is 12.1 Å². The van der Waals surface area contributed by atoms with Crippen molar-refractivity contribution in [2.45, 2.75) is 18.9 Å². The summed E-state index contributed by atoms with van der Waals surface area (Å²) in [5, 5.41) is 3.31. The van der Waals surface area contributed by atoms with Crippen molar-refractivity contribution in [2.75, 3.05) is 19.7 Å². The molecular weight excluding hydrogens is 219 g/mol. The molecular formula is C13H19FN2O. The van der Waals surface area contributed by atoms with Crippen molar-refractivity contribution in [3.05, 3.63) is 30.1 Å². The van der Waals surface area contributed by atoms with Crippen LogP contribution < -0.4 is 15.8 Å². The average molecular weight is 238 g/mol. The normalized spacial score (nSPS) is 18.9. The lowest BCUT2D eigenvalue weighted by Gasteiger charge is -2.27. The van der Waals surface area contributed by atoms with Crippen molar-refractivity contribution >= 4 is 0 Å². The first-order valence-electron chi connectivity index (χ1n) is 6.10. The minimum atomic E-state index is -0.250. The summed E-state index contributed by atoms with van der Waals surface area (Å²) in [6, 6.07) is 6.10. The number of nitrogens with one attached hydrogen (secondary N) is 1. The van der Waals surface area contributed by atoms with Gasteiger partial charge in [-0.05, 0) is 56.1 Å². The monoisotopic (exact) mass is 238 g/mol. The maximum atomic E-state index is 12.7. The predicted molar refractivity (Wildman–Crippen MR) is 65.5 cm³/mol. The molecule has 0 aromatic heterocycles. The molecule has 1 aromatic carbocycles. The molecule has 1 aliphatic heterocycles. The van der Waals surface area contributed by atoms with Gasteiger partial charge >= 0.3 is 0 Å². The minimum Gasteiger partial charge on any atom is -0.492 e. The van der Waals surface area contributed by atoms with Gasteiger partial charge in [0.15, 0.2) is 0 Å². The van der Waals surface area contributed by atoms with Crippen LogP contribution in [0.5, 0.6) is 5.75 Å². The molecule has 3 N–H and O–H groups in total. The van der Waals surface area contributed by atoms with Crippen molar-refractivity contribution in [1.29, 1.82) is 0 Å². The second-order valence-electron chi connectivity index (χ2n) is 4.52. The van der Waals surface area contributed by atoms with Crippen LogP contribution in [0.3, 0.4) is 0 Å². The van der Waals surface area contributed by atoms with Gasteiger partial charge in [-0.15, -0.1) is 0 Å². The summed E-state index contributed by atoms with van der Waals surface area (Å²) < 4.78 is 18.3. The van der Waals surface area contributed by atoms with Gasteiger partial charge in [-0.2, -0.15) is 0 Å². The number of nitrogens with two attached hydrogens (primary N) is 1. The molecule has 0 amide bonds. The van der Waals surface area contributed by atoms with Gasteiger partial charge in [-0.3, -0.25) is 0 Å². The van der Waals surface area contributed by atoms with E-state index in [4.69, 9.17) is 10.5 Å². The molecule has 0 bridgehead atoms. The van der Waals surface area contributed by atoms with E-state index < -0.39 is 0 Å². The van der Waals surface area contributed by atoms with E-state index in [1.807, 2.05) is 0 Å². The third kappa shape index (κ3) is 3.68. The lowest BCUT2D eigenvalue weighted by Crippen LogP contribution is -2.41. The van der Waals surface area contributed by atoms with Crippen LogP contribution in [0.15, 0.2) is 24.3 Å². The predicted octanol–water partition coefficient (Wildman–Crippen LogP) is 1.53. The summed E-state index contributed by atoms with van der Waals surface area (Å²) in [5.74, 6) is 0.951. The summed E-state index contributed by atoms with van der Waals surface area (Å²) in [6.07, 6.45) is 2.21. The summed E-state index contributed by atoms with van der Waals surface area (Å²) in [4.78, 5) is 0. The molecule has 0 aliphatic carbocycles. The van der Waals surface area contributed by atoms with Crippen molar-refractivity contribution in [2.24, 2.45) is 11.7 Å². The summed E-state index contributed by atoms with van der Waals surface area (Å²) in [5.41, 5.74) is 6.10. The number of hydrogen-bond acceptors (Lipinski definition) is 3. The minimum absolute atomic E-state index is 0.0575. The van der Waals surface area contributed by atoms with Gasteiger partial charge in [0.1, 0.15) is 18.2 Å². The molecule has 1 aliphatic rings. The molecule has 1 fully saturated rings. The van der Waals surface area contributed by atoms with Gasteiger partial charge in [-0.25, -0.2) is 4.39 Å². The summed E-state index contributed by atoms with van der Waals surface area (Å²) in [7, 11) is 0. The van der Waals surface area contributed by atoms with Crippen molar-refractivity contribution in [1.82, 2.24) is 5.32 Å². The molecule has 0 radical (unpaired) electrons. The van der Waals surface area contributed by atoms with Crippen molar-refractivity contribution in [3.8, 4) is 5.75 Å². The second kappa shape index (κ2) is 5.98. The third-order valence-corrected chi connectivity index (χ3v) is 3.25. The van der Waals surface area contributed by atoms with E-state index in [-0.39, 0.29) is 11.9 Å². The largest absolute Gasteiger partial charge is 0.492 e. The van der Waals surface area contributed by atoms with Crippen LogP contribution in [0, 0.1) is 11.7 Å². The quantitative estimate of drug-likeness (QED) is 0.836. The van der Waals surface area contributed by atoms with Crippen LogP contribution in [-0.4, -0.2) is 25.7 Å². The van der Waals surface area contributed by atoms with Gasteiger partial charge in [0.2, 0.25) is 0 Å². The SMILES string of the molecule is NC(COc1ccc(F)cc1)C1CCNCC1. The van der Waals surface area contributed by atoms with Gasteiger partial charge in [0.25, 0.3) is 0 Å². The standard InChI is InChI=1S/C13H19FN2O/c14-11-1-3-12(4-2-11)17-9-13(15)10-5-7-16-8-6-10/h1-4,10,13,16H,5-9,15H2. The average Bonchev–Trinajstić information content (AvgIpc) is 2.39. The molecule has 2 rings (SSSR count). The zero-order chi connectivity index (χ0) is 12.1. The van der Waals surface area contributed by atoms with Gasteiger partial charge in [0.05, 0.1) is 0 Å². The molecule has 1 saturated heterocycles. The number of ether oxygens (including phenoxy) is 1. The fourth-order valence-corrected chi connectivity index (χ4v) is 2.13. The topological polar surface area (TPSA) is 47.3 Å². The highest BCUT2D eigenvalue weighted by Gasteiger charge is 2.20. The molecule has 1 unspecified atom stereocenters. The van der Waals surface area contributed by atoms with Crippen molar-refractivity contribution < 1.29 is 9.13 Å². The number of halogens is 1. The molecule has 1 aromatic rings. The maximum absolute atomic E-state index is 12.7. The number of hydrogen-bond donors (Lipinski definition) is 2. The fourth-order valence-electron chi connectivity index (χ4n) is 2.13. The van der Waals surface area contributed by atoms with E-state index >= 15 is 0 Å². The Labute approximate surface area is 101 Å². The maximum Gasteiger partial charge on any atom is 0.123 e. The molecule has 0 spiro atoms. The van der Waals surface area contributed by atoms with Crippen molar-refractivity contribution in [3.63, 3.8) is 0 Å². The van der Waals surface area contributed by atoms with Crippen LogP contribution >= 0.6 is 0 Å². The Balaban J connectivity index is 1.78. The Morgan fingerprint density at radius 3 is 2.59 bits per heavy atom. The highest BCUT2D eigenvalue weighted by atomic mass is 19.1. The van der Waals surface area contributed by atoms with Crippen LogP contribution in [0.1, 0.15) is 12.8 Å². The Hall–Kier alpha value is -1.13. The zero-order valence-corrected chi connectivity index (χ0v) is 9.86. The molecule has 1 heterocycles. The number of benzene rings is 1. The fraction of sp³-hybridized carbons (Fsp3) is 0.538. The van der Waals surface area contributed by atoms with Gasteiger partial charge in [-0.1, -0.05) is 0 Å². The highest BCUT2D eigenvalue weighted by molar-refractivity contribution is 5.22. The lowest BCUT2D eigenvalue weighted by molar-refractivity contribution is 0.219.